The molecule has 0 radical (unpaired) electrons. The molecule has 0 aliphatic heterocycles. The van der Waals surface area contributed by atoms with Crippen molar-refractivity contribution >= 4 is 0 Å². The van der Waals surface area contributed by atoms with Crippen molar-refractivity contribution in [3.05, 3.63) is 30.3 Å². The van der Waals surface area contributed by atoms with Crippen molar-refractivity contribution in [1.29, 1.82) is 0 Å². The Kier molecular flexibility index (Phi) is 2.50. The zero-order chi connectivity index (χ0) is 9.10. The summed E-state index contributed by atoms with van der Waals surface area (Å²) in [6, 6.07) is 9.68. The van der Waals surface area contributed by atoms with E-state index in [2.05, 4.69) is 0 Å². The number of hydrogen-bond donors (Lipinski definition) is 1. The first-order chi connectivity index (χ1) is 6.36. The van der Waals surface area contributed by atoms with Crippen molar-refractivity contribution < 1.29 is 9.84 Å². The third-order valence-corrected chi connectivity index (χ3v) is 2.45. The van der Waals surface area contributed by atoms with Crippen LogP contribution in [0.2, 0.25) is 0 Å². The first kappa shape index (κ1) is 8.57. The fraction of sp³-hybridized carbons (Fsp3) is 0.455. The van der Waals surface area contributed by atoms with E-state index in [4.69, 9.17) is 4.74 Å². The molecule has 1 aliphatic carbocycles. The third-order valence-electron chi connectivity index (χ3n) is 2.45. The minimum Gasteiger partial charge on any atom is -0.488 e. The van der Waals surface area contributed by atoms with Crippen LogP contribution in [0, 0.1) is 0 Å². The lowest BCUT2D eigenvalue weighted by molar-refractivity contribution is 0.0604. The van der Waals surface area contributed by atoms with E-state index in [1.807, 2.05) is 30.3 Å². The summed E-state index contributed by atoms with van der Waals surface area (Å²) in [6.07, 6.45) is 2.63. The van der Waals surface area contributed by atoms with Gasteiger partial charge in [-0.05, 0) is 31.4 Å². The van der Waals surface area contributed by atoms with Gasteiger partial charge in [0, 0.05) is 0 Å². The molecular formula is C11H14O2. The standard InChI is InChI=1S/C11H14O2/c12-10-7-4-8-11(10)13-9-5-2-1-3-6-9/h1-3,5-6,10-12H,4,7-8H2/t10-,11-/m0/s1. The monoisotopic (exact) mass is 178 g/mol. The molecule has 13 heavy (non-hydrogen) atoms. The van der Waals surface area contributed by atoms with E-state index in [-0.39, 0.29) is 12.2 Å². The van der Waals surface area contributed by atoms with Crippen LogP contribution in [-0.4, -0.2) is 17.3 Å². The molecule has 1 N–H and O–H groups in total. The van der Waals surface area contributed by atoms with E-state index in [1.54, 1.807) is 0 Å². The van der Waals surface area contributed by atoms with Crippen LogP contribution < -0.4 is 4.74 Å². The number of rotatable bonds is 2. The first-order valence-corrected chi connectivity index (χ1v) is 4.76. The van der Waals surface area contributed by atoms with Crippen LogP contribution in [-0.2, 0) is 0 Å². The zero-order valence-electron chi connectivity index (χ0n) is 7.52. The molecule has 1 aromatic rings. The molecular weight excluding hydrogens is 164 g/mol. The molecule has 0 amide bonds. The predicted molar refractivity (Wildman–Crippen MR) is 50.7 cm³/mol. The molecule has 1 saturated carbocycles. The van der Waals surface area contributed by atoms with Crippen LogP contribution in [0.25, 0.3) is 0 Å². The van der Waals surface area contributed by atoms with Gasteiger partial charge in [-0.1, -0.05) is 18.2 Å². The minimum absolute atomic E-state index is 0.00222. The third kappa shape index (κ3) is 2.01. The van der Waals surface area contributed by atoms with Crippen LogP contribution in [0.4, 0.5) is 0 Å². The van der Waals surface area contributed by atoms with Crippen molar-refractivity contribution in [2.45, 2.75) is 31.5 Å². The zero-order valence-corrected chi connectivity index (χ0v) is 7.52. The Bertz CT molecular complexity index is 258. The Balaban J connectivity index is 1.98. The fourth-order valence-electron chi connectivity index (χ4n) is 1.72. The van der Waals surface area contributed by atoms with Crippen molar-refractivity contribution in [2.75, 3.05) is 0 Å². The van der Waals surface area contributed by atoms with E-state index in [9.17, 15) is 5.11 Å². The lowest BCUT2D eigenvalue weighted by Gasteiger charge is -2.16. The normalized spacial score (nSPS) is 27.5. The van der Waals surface area contributed by atoms with E-state index < -0.39 is 0 Å². The number of aliphatic hydroxyl groups is 1. The molecule has 70 valence electrons. The smallest absolute Gasteiger partial charge is 0.124 e. The van der Waals surface area contributed by atoms with Crippen LogP contribution in [0.15, 0.2) is 30.3 Å². The van der Waals surface area contributed by atoms with Crippen LogP contribution in [0.3, 0.4) is 0 Å². The van der Waals surface area contributed by atoms with Gasteiger partial charge in [-0.25, -0.2) is 0 Å². The van der Waals surface area contributed by atoms with Crippen molar-refractivity contribution in [3.8, 4) is 5.75 Å². The second-order valence-corrected chi connectivity index (χ2v) is 3.47. The Hall–Kier alpha value is -1.02. The summed E-state index contributed by atoms with van der Waals surface area (Å²) >= 11 is 0. The highest BCUT2D eigenvalue weighted by atomic mass is 16.5. The maximum atomic E-state index is 9.53. The first-order valence-electron chi connectivity index (χ1n) is 4.76. The molecule has 2 nitrogen and oxygen atoms in total. The highest BCUT2D eigenvalue weighted by molar-refractivity contribution is 5.21. The Morgan fingerprint density at radius 3 is 2.54 bits per heavy atom. The number of ether oxygens (including phenoxy) is 1. The summed E-state index contributed by atoms with van der Waals surface area (Å²) in [5.74, 6) is 0.855. The molecule has 0 aromatic heterocycles. The van der Waals surface area contributed by atoms with Gasteiger partial charge in [0.1, 0.15) is 11.9 Å². The maximum absolute atomic E-state index is 9.53. The van der Waals surface area contributed by atoms with Crippen LogP contribution in [0.1, 0.15) is 19.3 Å². The van der Waals surface area contributed by atoms with E-state index in [1.165, 1.54) is 0 Å². The Morgan fingerprint density at radius 2 is 1.92 bits per heavy atom. The van der Waals surface area contributed by atoms with Crippen molar-refractivity contribution in [3.63, 3.8) is 0 Å². The molecule has 0 bridgehead atoms. The van der Waals surface area contributed by atoms with Crippen LogP contribution in [0.5, 0.6) is 5.75 Å². The van der Waals surface area contributed by atoms with E-state index in [0.717, 1.165) is 25.0 Å². The largest absolute Gasteiger partial charge is 0.488 e. The summed E-state index contributed by atoms with van der Waals surface area (Å²) < 4.78 is 5.64. The SMILES string of the molecule is O[C@H]1CCC[C@@H]1Oc1ccccc1. The van der Waals surface area contributed by atoms with Crippen molar-refractivity contribution in [2.24, 2.45) is 0 Å². The van der Waals surface area contributed by atoms with Crippen LogP contribution >= 0.6 is 0 Å². The lowest BCUT2D eigenvalue weighted by Crippen LogP contribution is -2.25. The quantitative estimate of drug-likeness (QED) is 0.750. The highest BCUT2D eigenvalue weighted by Crippen LogP contribution is 2.24. The average molecular weight is 178 g/mol. The second kappa shape index (κ2) is 3.79. The molecule has 0 spiro atoms. The summed E-state index contributed by atoms with van der Waals surface area (Å²) in [5.41, 5.74) is 0. The van der Waals surface area contributed by atoms with Gasteiger partial charge in [0.15, 0.2) is 0 Å². The lowest BCUT2D eigenvalue weighted by atomic mass is 10.2. The Morgan fingerprint density at radius 1 is 1.15 bits per heavy atom. The summed E-state index contributed by atoms with van der Waals surface area (Å²) in [7, 11) is 0. The van der Waals surface area contributed by atoms with Gasteiger partial charge in [-0.15, -0.1) is 0 Å². The molecule has 1 aromatic carbocycles. The Labute approximate surface area is 78.2 Å². The number of aliphatic hydroxyl groups excluding tert-OH is 1. The van der Waals surface area contributed by atoms with E-state index >= 15 is 0 Å². The number of para-hydroxylation sites is 1. The summed E-state index contributed by atoms with van der Waals surface area (Å²) in [4.78, 5) is 0. The molecule has 2 heteroatoms. The molecule has 2 atom stereocenters. The summed E-state index contributed by atoms with van der Waals surface area (Å²) in [6.45, 7) is 0. The van der Waals surface area contributed by atoms with Crippen molar-refractivity contribution in [1.82, 2.24) is 0 Å². The fourth-order valence-corrected chi connectivity index (χ4v) is 1.72. The van der Waals surface area contributed by atoms with E-state index in [0.29, 0.717) is 0 Å². The van der Waals surface area contributed by atoms with Gasteiger partial charge in [0.25, 0.3) is 0 Å². The van der Waals surface area contributed by atoms with Gasteiger partial charge in [0.05, 0.1) is 6.10 Å². The summed E-state index contributed by atoms with van der Waals surface area (Å²) in [5, 5.41) is 9.53. The molecule has 0 saturated heterocycles. The molecule has 2 rings (SSSR count). The maximum Gasteiger partial charge on any atom is 0.124 e. The minimum atomic E-state index is -0.278. The van der Waals surface area contributed by atoms with Gasteiger partial charge in [-0.3, -0.25) is 0 Å². The van der Waals surface area contributed by atoms with Gasteiger partial charge in [-0.2, -0.15) is 0 Å². The predicted octanol–water partition coefficient (Wildman–Crippen LogP) is 1.98. The average Bonchev–Trinajstić information content (AvgIpc) is 2.54. The van der Waals surface area contributed by atoms with Gasteiger partial charge >= 0.3 is 0 Å². The molecule has 0 unspecified atom stereocenters. The topological polar surface area (TPSA) is 29.5 Å². The highest BCUT2D eigenvalue weighted by Gasteiger charge is 2.26. The molecule has 1 aliphatic rings. The second-order valence-electron chi connectivity index (χ2n) is 3.47. The molecule has 0 heterocycles. The molecule has 1 fully saturated rings. The van der Waals surface area contributed by atoms with Gasteiger partial charge in [0.2, 0.25) is 0 Å². The number of hydrogen-bond acceptors (Lipinski definition) is 2. The van der Waals surface area contributed by atoms with Gasteiger partial charge < -0.3 is 9.84 Å². The number of benzene rings is 1.